The summed E-state index contributed by atoms with van der Waals surface area (Å²) in [7, 11) is 0. The van der Waals surface area contributed by atoms with E-state index in [1.807, 2.05) is 0 Å². The third-order valence-electron chi connectivity index (χ3n) is 14.8. The fourth-order valence-corrected chi connectivity index (χ4v) is 12.0. The van der Waals surface area contributed by atoms with Crippen LogP contribution in [0.3, 0.4) is 0 Å². The summed E-state index contributed by atoms with van der Waals surface area (Å²) in [6.45, 7) is 14.5. The van der Waals surface area contributed by atoms with Gasteiger partial charge in [0, 0.05) is 6.61 Å². The molecule has 0 saturated heterocycles. The van der Waals surface area contributed by atoms with Crippen LogP contribution in [0.15, 0.2) is 0 Å². The molecule has 0 radical (unpaired) electrons. The lowest BCUT2D eigenvalue weighted by atomic mass is 9.44. The molecule has 0 bridgehead atoms. The molecule has 3 nitrogen and oxygen atoms in total. The highest BCUT2D eigenvalue weighted by molar-refractivity contribution is 5.09. The molecule has 3 unspecified atom stereocenters. The van der Waals surface area contributed by atoms with Crippen LogP contribution >= 0.6 is 0 Å². The Bertz CT molecular complexity index is 802. The van der Waals surface area contributed by atoms with Crippen LogP contribution in [0, 0.1) is 46.3 Å². The Morgan fingerprint density at radius 1 is 0.674 bits per heavy atom. The average Bonchev–Trinajstić information content (AvgIpc) is 3.41. The van der Waals surface area contributed by atoms with Gasteiger partial charge in [0.2, 0.25) is 0 Å². The molecule has 270 valence electrons. The molecule has 9 atom stereocenters. The highest BCUT2D eigenvalue weighted by Gasteiger charge is 2.60. The molecule has 0 aliphatic heterocycles. The smallest absolute Gasteiger partial charge is 0.0578 e. The van der Waals surface area contributed by atoms with Crippen LogP contribution in [0.5, 0.6) is 0 Å². The fourth-order valence-electron chi connectivity index (χ4n) is 12.0. The number of fused-ring (bicyclic) bond motifs is 5. The molecule has 0 aromatic rings. The average molecular weight is 643 g/mol. The van der Waals surface area contributed by atoms with Gasteiger partial charge in [-0.25, -0.2) is 0 Å². The van der Waals surface area contributed by atoms with Crippen molar-refractivity contribution >= 4 is 0 Å². The van der Waals surface area contributed by atoms with Crippen molar-refractivity contribution < 1.29 is 4.74 Å². The first-order chi connectivity index (χ1) is 22.4. The lowest BCUT2D eigenvalue weighted by Crippen LogP contribution is -2.54. The molecule has 46 heavy (non-hydrogen) atoms. The fraction of sp³-hybridized carbons (Fsp3) is 1.00. The Labute approximate surface area is 288 Å². The van der Waals surface area contributed by atoms with Crippen LogP contribution in [0.1, 0.15) is 195 Å². The third kappa shape index (κ3) is 10.7. The van der Waals surface area contributed by atoms with Crippen molar-refractivity contribution in [3.63, 3.8) is 0 Å². The summed E-state index contributed by atoms with van der Waals surface area (Å²) in [6, 6.07) is 0. The second-order valence-electron chi connectivity index (χ2n) is 17.8. The minimum Gasteiger partial charge on any atom is -0.378 e. The van der Waals surface area contributed by atoms with E-state index in [4.69, 9.17) is 10.5 Å². The van der Waals surface area contributed by atoms with E-state index in [0.29, 0.717) is 16.9 Å². The molecule has 0 amide bonds. The van der Waals surface area contributed by atoms with E-state index in [-0.39, 0.29) is 0 Å². The molecule has 4 aliphatic carbocycles. The quantitative estimate of drug-likeness (QED) is 0.103. The summed E-state index contributed by atoms with van der Waals surface area (Å²) >= 11 is 0. The van der Waals surface area contributed by atoms with E-state index >= 15 is 0 Å². The van der Waals surface area contributed by atoms with E-state index in [0.717, 1.165) is 55.1 Å². The Balaban J connectivity index is 1.04. The molecule has 3 heteroatoms. The topological polar surface area (TPSA) is 47.3 Å². The van der Waals surface area contributed by atoms with E-state index in [1.54, 1.807) is 0 Å². The number of hydrogen-bond acceptors (Lipinski definition) is 3. The molecular formula is C43H82N2O. The number of rotatable bonds is 24. The Morgan fingerprint density at radius 2 is 1.28 bits per heavy atom. The second-order valence-corrected chi connectivity index (χ2v) is 17.8. The number of ether oxygens (including phenoxy) is 1. The van der Waals surface area contributed by atoms with Crippen LogP contribution in [0.25, 0.3) is 0 Å². The Hall–Kier alpha value is -0.120. The maximum Gasteiger partial charge on any atom is 0.0578 e. The molecule has 0 aromatic carbocycles. The number of hydrogen-bond donors (Lipinski definition) is 2. The molecule has 4 aliphatic rings. The zero-order valence-electron chi connectivity index (χ0n) is 31.7. The normalized spacial score (nSPS) is 34.6. The summed E-state index contributed by atoms with van der Waals surface area (Å²) in [4.78, 5) is 0. The first-order valence-corrected chi connectivity index (χ1v) is 21.5. The highest BCUT2D eigenvalue weighted by atomic mass is 16.5. The van der Waals surface area contributed by atoms with Gasteiger partial charge in [-0.05, 0) is 149 Å². The van der Waals surface area contributed by atoms with Crippen molar-refractivity contribution in [3.8, 4) is 0 Å². The van der Waals surface area contributed by atoms with Gasteiger partial charge in [-0.15, -0.1) is 0 Å². The summed E-state index contributed by atoms with van der Waals surface area (Å²) in [5.74, 6) is 5.71. The summed E-state index contributed by atoms with van der Waals surface area (Å²) in [5.41, 5.74) is 6.90. The van der Waals surface area contributed by atoms with Crippen molar-refractivity contribution in [1.29, 1.82) is 0 Å². The maximum atomic E-state index is 6.29. The van der Waals surface area contributed by atoms with Gasteiger partial charge in [-0.2, -0.15) is 0 Å². The van der Waals surface area contributed by atoms with Crippen molar-refractivity contribution in [3.05, 3.63) is 0 Å². The monoisotopic (exact) mass is 643 g/mol. The Kier molecular flexibility index (Phi) is 17.3. The zero-order chi connectivity index (χ0) is 32.7. The third-order valence-corrected chi connectivity index (χ3v) is 14.8. The first kappa shape index (κ1) is 38.7. The van der Waals surface area contributed by atoms with Gasteiger partial charge in [0.1, 0.15) is 0 Å². The molecule has 0 spiro atoms. The van der Waals surface area contributed by atoms with Crippen LogP contribution in [-0.4, -0.2) is 32.3 Å². The predicted octanol–water partition coefficient (Wildman–Crippen LogP) is 11.9. The molecule has 4 fully saturated rings. The van der Waals surface area contributed by atoms with Gasteiger partial charge >= 0.3 is 0 Å². The molecule has 0 heterocycles. The van der Waals surface area contributed by atoms with Gasteiger partial charge in [0.05, 0.1) is 6.10 Å². The number of nitrogens with two attached hydrogens (primary N) is 1. The zero-order valence-corrected chi connectivity index (χ0v) is 31.7. The van der Waals surface area contributed by atoms with Gasteiger partial charge in [0.15, 0.2) is 0 Å². The molecule has 4 rings (SSSR count). The largest absolute Gasteiger partial charge is 0.378 e. The minimum atomic E-state index is 0.500. The SMILES string of the molecule is CCCCCCCCCCCCCCCCNCCC[C@@H](C)C1CCC2[C@@H]3CC[C@@H]4C[C@H](OCCCN)CC[C@]4(C)C3CC[C@@]21C. The van der Waals surface area contributed by atoms with Gasteiger partial charge in [-0.3, -0.25) is 0 Å². The summed E-state index contributed by atoms with van der Waals surface area (Å²) < 4.78 is 6.29. The molecule has 4 saturated carbocycles. The minimum absolute atomic E-state index is 0.500. The Morgan fingerprint density at radius 3 is 1.96 bits per heavy atom. The molecular weight excluding hydrogens is 560 g/mol. The van der Waals surface area contributed by atoms with Crippen LogP contribution in [0.4, 0.5) is 0 Å². The van der Waals surface area contributed by atoms with Gasteiger partial charge < -0.3 is 15.8 Å². The number of nitrogens with one attached hydrogen (secondary N) is 1. The van der Waals surface area contributed by atoms with E-state index < -0.39 is 0 Å². The van der Waals surface area contributed by atoms with Gasteiger partial charge in [0.25, 0.3) is 0 Å². The van der Waals surface area contributed by atoms with Crippen LogP contribution in [-0.2, 0) is 4.74 Å². The molecule has 0 aromatic heterocycles. The summed E-state index contributed by atoms with van der Waals surface area (Å²) in [6.07, 6.45) is 37.6. The maximum absolute atomic E-state index is 6.29. The van der Waals surface area contributed by atoms with E-state index in [9.17, 15) is 0 Å². The summed E-state index contributed by atoms with van der Waals surface area (Å²) in [5, 5.41) is 3.81. The van der Waals surface area contributed by atoms with Crippen molar-refractivity contribution in [2.45, 2.75) is 201 Å². The first-order valence-electron chi connectivity index (χ1n) is 21.5. The standard InChI is InChI=1S/C43H82N2O/c1-5-6-7-8-9-10-11-12-13-14-15-16-17-18-31-45-32-19-21-35(2)39-24-25-40-38-23-22-36-34-37(46-33-20-30-44)26-28-42(36,3)41(38)27-29-43(39,40)4/h35-41,45H,5-34,44H2,1-4H3/t35-,36-,37-,38+,39?,40?,41?,42+,43-/m1/s1. The predicted molar refractivity (Wildman–Crippen MR) is 200 cm³/mol. The lowest BCUT2D eigenvalue weighted by Gasteiger charge is -2.61. The highest BCUT2D eigenvalue weighted by Crippen LogP contribution is 2.68. The van der Waals surface area contributed by atoms with Gasteiger partial charge in [-0.1, -0.05) is 111 Å². The van der Waals surface area contributed by atoms with Crippen LogP contribution < -0.4 is 11.1 Å². The van der Waals surface area contributed by atoms with E-state index in [1.165, 1.54) is 174 Å². The second kappa shape index (κ2) is 20.5. The lowest BCUT2D eigenvalue weighted by molar-refractivity contribution is -0.136. The number of unbranched alkanes of at least 4 members (excludes halogenated alkanes) is 13. The van der Waals surface area contributed by atoms with E-state index in [2.05, 4.69) is 33.0 Å². The molecule has 3 N–H and O–H groups in total. The van der Waals surface area contributed by atoms with Crippen molar-refractivity contribution in [2.24, 2.45) is 52.1 Å². The van der Waals surface area contributed by atoms with Crippen LogP contribution in [0.2, 0.25) is 0 Å². The van der Waals surface area contributed by atoms with Crippen molar-refractivity contribution in [2.75, 3.05) is 26.2 Å². The van der Waals surface area contributed by atoms with Crippen molar-refractivity contribution in [1.82, 2.24) is 5.32 Å².